The van der Waals surface area contributed by atoms with Crippen molar-refractivity contribution >= 4 is 5.91 Å². The Bertz CT molecular complexity index is 696. The van der Waals surface area contributed by atoms with Gasteiger partial charge in [-0.05, 0) is 32.1 Å². The first-order valence-electron chi connectivity index (χ1n) is 9.09. The summed E-state index contributed by atoms with van der Waals surface area (Å²) in [5.74, 6) is -0.860. The molecule has 3 rings (SSSR count). The van der Waals surface area contributed by atoms with Crippen molar-refractivity contribution < 1.29 is 22.4 Å². The van der Waals surface area contributed by atoms with Crippen molar-refractivity contribution in [3.63, 3.8) is 0 Å². The quantitative estimate of drug-likeness (QED) is 0.651. The molecule has 2 aliphatic rings. The highest BCUT2D eigenvalue weighted by atomic mass is 19.4. The van der Waals surface area contributed by atoms with Crippen molar-refractivity contribution in [2.45, 2.75) is 44.1 Å². The zero-order valence-corrected chi connectivity index (χ0v) is 15.9. The van der Waals surface area contributed by atoms with E-state index < -0.39 is 43.7 Å². The van der Waals surface area contributed by atoms with Gasteiger partial charge in [0.2, 0.25) is 5.91 Å². The average molecular weight is 403 g/mol. The number of carbonyl (C=O) groups excluding carboxylic acids is 1. The fraction of sp³-hybridized carbons (Fsp3) is 0.611. The molecule has 0 spiro atoms. The molecule has 0 radical (unpaired) electrons. The van der Waals surface area contributed by atoms with Gasteiger partial charge in [0.05, 0.1) is 24.5 Å². The van der Waals surface area contributed by atoms with Gasteiger partial charge in [0.25, 0.3) is 0 Å². The summed E-state index contributed by atoms with van der Waals surface area (Å²) in [6, 6.07) is 5.21. The number of nitrogens with zero attached hydrogens (tertiary/aromatic N) is 2. The maximum atomic E-state index is 13.5. The summed E-state index contributed by atoms with van der Waals surface area (Å²) in [4.78, 5) is 14.3. The van der Waals surface area contributed by atoms with Crippen LogP contribution in [-0.4, -0.2) is 61.3 Å². The summed E-state index contributed by atoms with van der Waals surface area (Å²) < 4.78 is 51.2. The number of fused-ring (bicyclic) bond motifs is 1. The second kappa shape index (κ2) is 7.94. The number of alkyl halides is 4. The molecule has 1 aromatic rings. The molecule has 6 nitrogen and oxygen atoms in total. The summed E-state index contributed by atoms with van der Waals surface area (Å²) in [7, 11) is 3.61. The molecular weight excluding hydrogens is 378 g/mol. The molecule has 2 heterocycles. The first-order valence-corrected chi connectivity index (χ1v) is 9.09. The summed E-state index contributed by atoms with van der Waals surface area (Å²) in [5.41, 5.74) is 4.01. The number of hydrogen-bond donors (Lipinski definition) is 3. The zero-order valence-electron chi connectivity index (χ0n) is 15.9. The van der Waals surface area contributed by atoms with E-state index in [9.17, 15) is 22.4 Å². The molecule has 2 fully saturated rings. The van der Waals surface area contributed by atoms with Crippen LogP contribution >= 0.6 is 0 Å². The lowest BCUT2D eigenvalue weighted by Gasteiger charge is -2.41. The minimum Gasteiger partial charge on any atom is -0.327 e. The van der Waals surface area contributed by atoms with Crippen LogP contribution in [0.1, 0.15) is 24.1 Å². The Balaban J connectivity index is 1.80. The van der Waals surface area contributed by atoms with Crippen molar-refractivity contribution in [2.75, 3.05) is 20.8 Å². The maximum Gasteiger partial charge on any atom is 0.393 e. The molecule has 0 bridgehead atoms. The van der Waals surface area contributed by atoms with Crippen LogP contribution in [0.2, 0.25) is 0 Å². The molecule has 0 saturated carbocycles. The fourth-order valence-electron chi connectivity index (χ4n) is 3.76. The normalized spacial score (nSPS) is 29.6. The summed E-state index contributed by atoms with van der Waals surface area (Å²) in [6.45, 7) is 1.15. The minimum absolute atomic E-state index is 0.181. The number of carbonyl (C=O) groups is 1. The molecule has 0 aromatic heterocycles. The number of rotatable bonds is 5. The van der Waals surface area contributed by atoms with Gasteiger partial charge in [-0.25, -0.2) is 14.8 Å². The zero-order chi connectivity index (χ0) is 20.6. The van der Waals surface area contributed by atoms with Crippen molar-refractivity contribution in [1.29, 1.82) is 0 Å². The molecule has 28 heavy (non-hydrogen) atoms. The van der Waals surface area contributed by atoms with E-state index in [0.29, 0.717) is 0 Å². The molecule has 1 aromatic carbocycles. The van der Waals surface area contributed by atoms with E-state index in [1.165, 1.54) is 12.1 Å². The molecule has 5 atom stereocenters. The molecule has 2 saturated heterocycles. The van der Waals surface area contributed by atoms with Gasteiger partial charge in [-0.15, -0.1) is 0 Å². The van der Waals surface area contributed by atoms with Gasteiger partial charge >= 0.3 is 6.18 Å². The van der Waals surface area contributed by atoms with E-state index in [-0.39, 0.29) is 17.5 Å². The Labute approximate surface area is 161 Å². The Morgan fingerprint density at radius 3 is 2.39 bits per heavy atom. The van der Waals surface area contributed by atoms with Crippen LogP contribution in [0.5, 0.6) is 0 Å². The van der Waals surface area contributed by atoms with Crippen molar-refractivity contribution in [3.05, 3.63) is 35.4 Å². The van der Waals surface area contributed by atoms with Crippen LogP contribution in [-0.2, 0) is 11.2 Å². The molecule has 2 aliphatic heterocycles. The van der Waals surface area contributed by atoms with Crippen molar-refractivity contribution in [3.8, 4) is 0 Å². The van der Waals surface area contributed by atoms with E-state index >= 15 is 0 Å². The van der Waals surface area contributed by atoms with Crippen LogP contribution in [0.15, 0.2) is 24.3 Å². The molecule has 156 valence electrons. The molecular formula is C18H25F4N5O. The predicted molar refractivity (Wildman–Crippen MR) is 95.4 cm³/mol. The van der Waals surface area contributed by atoms with Gasteiger partial charge in [-0.1, -0.05) is 24.3 Å². The van der Waals surface area contributed by atoms with Crippen LogP contribution in [0, 0.1) is 5.92 Å². The van der Waals surface area contributed by atoms with Crippen molar-refractivity contribution in [2.24, 2.45) is 5.92 Å². The summed E-state index contributed by atoms with van der Waals surface area (Å²) in [5, 5.41) is 7.89. The van der Waals surface area contributed by atoms with Gasteiger partial charge in [0, 0.05) is 6.04 Å². The number of amides is 1. The Morgan fingerprint density at radius 2 is 1.86 bits per heavy atom. The van der Waals surface area contributed by atoms with Gasteiger partial charge < -0.3 is 5.32 Å². The summed E-state index contributed by atoms with van der Waals surface area (Å²) in [6.07, 6.45) is -6.10. The first kappa shape index (κ1) is 21.0. The minimum atomic E-state index is -4.26. The third kappa shape index (κ3) is 4.29. The Kier molecular flexibility index (Phi) is 5.95. The molecule has 1 amide bonds. The maximum absolute atomic E-state index is 13.5. The molecule has 5 unspecified atom stereocenters. The van der Waals surface area contributed by atoms with Gasteiger partial charge in [0.15, 0.2) is 0 Å². The topological polar surface area (TPSA) is 59.6 Å². The Morgan fingerprint density at radius 1 is 1.21 bits per heavy atom. The van der Waals surface area contributed by atoms with E-state index in [1.807, 2.05) is 6.92 Å². The van der Waals surface area contributed by atoms with Gasteiger partial charge in [0.1, 0.15) is 13.0 Å². The van der Waals surface area contributed by atoms with Crippen LogP contribution in [0.25, 0.3) is 0 Å². The highest BCUT2D eigenvalue weighted by Gasteiger charge is 2.51. The van der Waals surface area contributed by atoms with Crippen LogP contribution in [0.4, 0.5) is 17.6 Å². The summed E-state index contributed by atoms with van der Waals surface area (Å²) >= 11 is 0. The van der Waals surface area contributed by atoms with E-state index in [0.717, 1.165) is 5.56 Å². The lowest BCUT2D eigenvalue weighted by Crippen LogP contribution is -2.68. The number of hydrazine groups is 1. The number of benzene rings is 1. The Hall–Kier alpha value is -1.75. The van der Waals surface area contributed by atoms with E-state index in [1.54, 1.807) is 36.1 Å². The number of nitrogens with one attached hydrogen (secondary N) is 3. The molecule has 10 heteroatoms. The second-order valence-electron chi connectivity index (χ2n) is 7.52. The highest BCUT2D eigenvalue weighted by Crippen LogP contribution is 2.32. The SMILES string of the molecule is CC(c1ccc(CC(F)(F)F)cc1)N1NC(CF)C2C(=O)NC(N(C)C)NC21. The third-order valence-corrected chi connectivity index (χ3v) is 5.27. The van der Waals surface area contributed by atoms with Gasteiger partial charge in [-0.2, -0.15) is 13.2 Å². The standard InChI is InChI=1S/C18H25F4N5O/c1-10(12-6-4-11(5-7-12)8-18(20,21)22)27-15-14(13(9-19)25-27)16(28)24-17(23-15)26(2)3/h4-7,10,13-15,17,23,25H,8-9H2,1-3H3,(H,24,28). The van der Waals surface area contributed by atoms with E-state index in [4.69, 9.17) is 0 Å². The lowest BCUT2D eigenvalue weighted by atomic mass is 9.95. The predicted octanol–water partition coefficient (Wildman–Crippen LogP) is 1.52. The largest absolute Gasteiger partial charge is 0.393 e. The van der Waals surface area contributed by atoms with E-state index in [2.05, 4.69) is 16.1 Å². The second-order valence-corrected chi connectivity index (χ2v) is 7.52. The van der Waals surface area contributed by atoms with Gasteiger partial charge in [-0.3, -0.25) is 15.0 Å². The third-order valence-electron chi connectivity index (χ3n) is 5.27. The van der Waals surface area contributed by atoms with Crippen molar-refractivity contribution in [1.82, 2.24) is 26.0 Å². The van der Waals surface area contributed by atoms with Crippen LogP contribution in [0.3, 0.4) is 0 Å². The molecule has 0 aliphatic carbocycles. The number of hydrogen-bond acceptors (Lipinski definition) is 5. The highest BCUT2D eigenvalue weighted by molar-refractivity contribution is 5.81. The van der Waals surface area contributed by atoms with Crippen LogP contribution < -0.4 is 16.1 Å². The first-order chi connectivity index (χ1) is 13.1. The lowest BCUT2D eigenvalue weighted by molar-refractivity contribution is -0.133. The fourth-order valence-corrected chi connectivity index (χ4v) is 3.76. The number of halogens is 4. The monoisotopic (exact) mass is 403 g/mol. The molecule has 3 N–H and O–H groups in total. The smallest absolute Gasteiger partial charge is 0.327 e. The average Bonchev–Trinajstić information content (AvgIpc) is 2.99.